The minimum atomic E-state index is 0.112. The Bertz CT molecular complexity index is 227. The quantitative estimate of drug-likeness (QED) is 0.572. The van der Waals surface area contributed by atoms with Crippen LogP contribution in [0.15, 0.2) is 0 Å². The van der Waals surface area contributed by atoms with E-state index in [2.05, 4.69) is 0 Å². The standard InChI is InChI=1S/C6H6O2S/c7-5-3-1-2-4(9-3)6(5)8/h7-8H,1-2H2. The van der Waals surface area contributed by atoms with Gasteiger partial charge in [-0.3, -0.25) is 0 Å². The van der Waals surface area contributed by atoms with Crippen molar-refractivity contribution in [2.75, 3.05) is 0 Å². The second-order valence-electron chi connectivity index (χ2n) is 2.15. The van der Waals surface area contributed by atoms with Gasteiger partial charge in [0.05, 0.1) is 9.75 Å². The molecule has 0 amide bonds. The minimum Gasteiger partial charge on any atom is -0.503 e. The molecule has 9 heavy (non-hydrogen) atoms. The molecule has 0 aliphatic carbocycles. The molecular formula is C6H6O2S. The van der Waals surface area contributed by atoms with E-state index in [1.54, 1.807) is 0 Å². The van der Waals surface area contributed by atoms with Crippen LogP contribution >= 0.6 is 11.3 Å². The van der Waals surface area contributed by atoms with Gasteiger partial charge in [-0.15, -0.1) is 11.3 Å². The lowest BCUT2D eigenvalue weighted by Crippen LogP contribution is -1.84. The van der Waals surface area contributed by atoms with Gasteiger partial charge in [-0.1, -0.05) is 0 Å². The number of thiophene rings is 1. The highest BCUT2D eigenvalue weighted by Crippen LogP contribution is 2.46. The van der Waals surface area contributed by atoms with Crippen molar-refractivity contribution < 1.29 is 10.2 Å². The van der Waals surface area contributed by atoms with Gasteiger partial charge in [0.1, 0.15) is 0 Å². The first kappa shape index (κ1) is 5.11. The van der Waals surface area contributed by atoms with Gasteiger partial charge in [-0.2, -0.15) is 0 Å². The molecule has 2 N–H and O–H groups in total. The molecule has 0 aromatic carbocycles. The van der Waals surface area contributed by atoms with Crippen LogP contribution in [0, 0.1) is 0 Å². The normalized spacial score (nSPS) is 14.7. The summed E-state index contributed by atoms with van der Waals surface area (Å²) >= 11 is 1.51. The summed E-state index contributed by atoms with van der Waals surface area (Å²) in [6.45, 7) is 0. The molecule has 2 bridgehead atoms. The number of aryl methyl sites for hydroxylation is 2. The van der Waals surface area contributed by atoms with Crippen LogP contribution in [0.4, 0.5) is 0 Å². The Kier molecular flexibility index (Phi) is 0.805. The van der Waals surface area contributed by atoms with Crippen LogP contribution in [0.25, 0.3) is 0 Å². The van der Waals surface area contributed by atoms with Crippen LogP contribution in [0.2, 0.25) is 0 Å². The molecule has 1 aromatic rings. The predicted molar refractivity (Wildman–Crippen MR) is 35.1 cm³/mol. The summed E-state index contributed by atoms with van der Waals surface area (Å²) in [7, 11) is 0. The van der Waals surface area contributed by atoms with Crippen LogP contribution in [-0.4, -0.2) is 10.2 Å². The van der Waals surface area contributed by atoms with Crippen molar-refractivity contribution in [3.05, 3.63) is 9.75 Å². The molecule has 48 valence electrons. The van der Waals surface area contributed by atoms with Crippen molar-refractivity contribution >= 4 is 11.3 Å². The highest BCUT2D eigenvalue weighted by atomic mass is 32.1. The predicted octanol–water partition coefficient (Wildman–Crippen LogP) is 1.26. The van der Waals surface area contributed by atoms with E-state index in [9.17, 15) is 0 Å². The van der Waals surface area contributed by atoms with Crippen molar-refractivity contribution in [3.8, 4) is 11.5 Å². The van der Waals surface area contributed by atoms with E-state index in [-0.39, 0.29) is 11.5 Å². The molecule has 0 fully saturated rings. The van der Waals surface area contributed by atoms with E-state index < -0.39 is 0 Å². The summed E-state index contributed by atoms with van der Waals surface area (Å²) in [6.07, 6.45) is 1.83. The van der Waals surface area contributed by atoms with Gasteiger partial charge in [-0.25, -0.2) is 0 Å². The molecule has 0 radical (unpaired) electrons. The monoisotopic (exact) mass is 142 g/mol. The summed E-state index contributed by atoms with van der Waals surface area (Å²) in [5.41, 5.74) is 0. The third-order valence-corrected chi connectivity index (χ3v) is 2.87. The third-order valence-electron chi connectivity index (χ3n) is 1.58. The molecule has 3 heteroatoms. The lowest BCUT2D eigenvalue weighted by Gasteiger charge is -1.98. The average Bonchev–Trinajstić information content (AvgIpc) is 2.37. The van der Waals surface area contributed by atoms with Crippen molar-refractivity contribution in [1.82, 2.24) is 0 Å². The van der Waals surface area contributed by atoms with Crippen LogP contribution in [0.3, 0.4) is 0 Å². The zero-order valence-electron chi connectivity index (χ0n) is 4.72. The Morgan fingerprint density at radius 2 is 1.44 bits per heavy atom. The topological polar surface area (TPSA) is 40.5 Å². The summed E-state index contributed by atoms with van der Waals surface area (Å²) in [5, 5.41) is 18.1. The Hall–Kier alpha value is -0.700. The van der Waals surface area contributed by atoms with Crippen molar-refractivity contribution in [1.29, 1.82) is 0 Å². The summed E-state index contributed by atoms with van der Waals surface area (Å²) in [5.74, 6) is 0.225. The molecular weight excluding hydrogens is 136 g/mol. The molecule has 2 rings (SSSR count). The molecule has 0 unspecified atom stereocenters. The molecule has 2 nitrogen and oxygen atoms in total. The smallest absolute Gasteiger partial charge is 0.172 e. The largest absolute Gasteiger partial charge is 0.503 e. The Balaban J connectivity index is 2.71. The first-order chi connectivity index (χ1) is 4.29. The van der Waals surface area contributed by atoms with E-state index in [1.165, 1.54) is 11.3 Å². The van der Waals surface area contributed by atoms with E-state index in [4.69, 9.17) is 10.2 Å². The number of rotatable bonds is 0. The Morgan fingerprint density at radius 1 is 1.00 bits per heavy atom. The highest BCUT2D eigenvalue weighted by Gasteiger charge is 2.22. The van der Waals surface area contributed by atoms with Gasteiger partial charge in [0, 0.05) is 0 Å². The van der Waals surface area contributed by atoms with Gasteiger partial charge < -0.3 is 10.2 Å². The molecule has 1 aromatic heterocycles. The maximum atomic E-state index is 9.04. The fraction of sp³-hybridized carbons (Fsp3) is 0.333. The van der Waals surface area contributed by atoms with E-state index >= 15 is 0 Å². The second-order valence-corrected chi connectivity index (χ2v) is 3.34. The maximum absolute atomic E-state index is 9.04. The Labute approximate surface area is 56.4 Å². The van der Waals surface area contributed by atoms with Crippen LogP contribution in [-0.2, 0) is 12.8 Å². The number of aromatic hydroxyl groups is 2. The average molecular weight is 142 g/mol. The van der Waals surface area contributed by atoms with Crippen molar-refractivity contribution in [3.63, 3.8) is 0 Å². The lowest BCUT2D eigenvalue weighted by molar-refractivity contribution is 0.396. The lowest BCUT2D eigenvalue weighted by atomic mass is 10.1. The van der Waals surface area contributed by atoms with Crippen molar-refractivity contribution in [2.45, 2.75) is 12.8 Å². The first-order valence-electron chi connectivity index (χ1n) is 2.81. The zero-order valence-corrected chi connectivity index (χ0v) is 5.53. The second kappa shape index (κ2) is 1.42. The molecule has 0 saturated carbocycles. The molecule has 2 heterocycles. The van der Waals surface area contributed by atoms with Crippen LogP contribution < -0.4 is 0 Å². The van der Waals surface area contributed by atoms with Gasteiger partial charge in [0.2, 0.25) is 0 Å². The van der Waals surface area contributed by atoms with Gasteiger partial charge in [0.15, 0.2) is 11.5 Å². The molecule has 1 aliphatic rings. The zero-order chi connectivity index (χ0) is 6.43. The van der Waals surface area contributed by atoms with Crippen LogP contribution in [0.1, 0.15) is 9.75 Å². The fourth-order valence-electron chi connectivity index (χ4n) is 1.08. The maximum Gasteiger partial charge on any atom is 0.172 e. The van der Waals surface area contributed by atoms with Crippen LogP contribution in [0.5, 0.6) is 11.5 Å². The van der Waals surface area contributed by atoms with Crippen molar-refractivity contribution in [2.24, 2.45) is 0 Å². The highest BCUT2D eigenvalue weighted by molar-refractivity contribution is 7.13. The number of hydrogen-bond acceptors (Lipinski definition) is 3. The number of hydrogen-bond donors (Lipinski definition) is 2. The molecule has 0 saturated heterocycles. The Morgan fingerprint density at radius 3 is 1.67 bits per heavy atom. The van der Waals surface area contributed by atoms with Gasteiger partial charge >= 0.3 is 0 Å². The molecule has 0 atom stereocenters. The molecule has 0 spiro atoms. The summed E-state index contributed by atoms with van der Waals surface area (Å²) in [4.78, 5) is 1.87. The first-order valence-corrected chi connectivity index (χ1v) is 3.63. The third kappa shape index (κ3) is 0.498. The van der Waals surface area contributed by atoms with Gasteiger partial charge in [0.25, 0.3) is 0 Å². The van der Waals surface area contributed by atoms with E-state index in [0.717, 1.165) is 22.6 Å². The SMILES string of the molecule is Oc1c2sc(c1O)CC2. The van der Waals surface area contributed by atoms with E-state index in [1.807, 2.05) is 0 Å². The van der Waals surface area contributed by atoms with Gasteiger partial charge in [-0.05, 0) is 12.8 Å². The minimum absolute atomic E-state index is 0.112. The fourth-order valence-corrected chi connectivity index (χ4v) is 2.17. The molecule has 1 aliphatic heterocycles. The summed E-state index contributed by atoms with van der Waals surface area (Å²) in [6, 6.07) is 0. The summed E-state index contributed by atoms with van der Waals surface area (Å²) < 4.78 is 0. The van der Waals surface area contributed by atoms with E-state index in [0.29, 0.717) is 0 Å². The number of fused-ring (bicyclic) bond motifs is 2.